The molecule has 0 radical (unpaired) electrons. The van der Waals surface area contributed by atoms with Crippen LogP contribution in [-0.2, 0) is 17.6 Å². The summed E-state index contributed by atoms with van der Waals surface area (Å²) >= 11 is 6.64. The molecule has 0 saturated heterocycles. The van der Waals surface area contributed by atoms with Crippen LogP contribution in [0.1, 0.15) is 89.4 Å². The van der Waals surface area contributed by atoms with Crippen molar-refractivity contribution in [3.8, 4) is 17.0 Å². The fourth-order valence-electron chi connectivity index (χ4n) is 5.25. The van der Waals surface area contributed by atoms with Crippen molar-refractivity contribution < 1.29 is 32.1 Å². The summed E-state index contributed by atoms with van der Waals surface area (Å²) in [5, 5.41) is 8.71. The number of hydrogen-bond donors (Lipinski definition) is 0. The van der Waals surface area contributed by atoms with Gasteiger partial charge in [0.05, 0.1) is 21.9 Å². The van der Waals surface area contributed by atoms with E-state index in [9.17, 15) is 18.0 Å². The van der Waals surface area contributed by atoms with Gasteiger partial charge in [0, 0.05) is 41.0 Å². The number of rotatable bonds is 10. The van der Waals surface area contributed by atoms with Gasteiger partial charge in [-0.1, -0.05) is 71.3 Å². The zero-order chi connectivity index (χ0) is 30.1. The summed E-state index contributed by atoms with van der Waals surface area (Å²) in [6, 6.07) is 17.9. The molecule has 0 bridgehead atoms. The minimum absolute atomic E-state index is 0.0349. The fraction of sp³-hybridized carbons (Fsp3) is 0.303. The average Bonchev–Trinajstić information content (AvgIpc) is 3.56. The molecule has 6 nitrogen and oxygen atoms in total. The lowest BCUT2D eigenvalue weighted by molar-refractivity contribution is -0.137. The molecule has 1 unspecified atom stereocenters. The molecule has 0 spiro atoms. The van der Waals surface area contributed by atoms with E-state index in [1.165, 1.54) is 12.1 Å². The van der Waals surface area contributed by atoms with Crippen LogP contribution in [0.25, 0.3) is 11.3 Å². The van der Waals surface area contributed by atoms with Gasteiger partial charge in [-0.3, -0.25) is 4.79 Å². The fourth-order valence-corrected chi connectivity index (χ4v) is 5.54. The van der Waals surface area contributed by atoms with E-state index >= 15 is 0 Å². The number of Topliss-reactive ketones (excluding diaryl/α,β-unsaturated/α-hetero) is 1. The number of ketones is 1. The van der Waals surface area contributed by atoms with Crippen LogP contribution in [0.15, 0.2) is 76.4 Å². The molecule has 10 heteroatoms. The molecule has 1 fully saturated rings. The second-order valence-corrected chi connectivity index (χ2v) is 11.2. The van der Waals surface area contributed by atoms with Crippen molar-refractivity contribution in [2.45, 2.75) is 63.8 Å². The van der Waals surface area contributed by atoms with E-state index in [4.69, 9.17) is 25.7 Å². The predicted molar refractivity (Wildman–Crippen MR) is 155 cm³/mol. The number of oxime groups is 1. The molecule has 0 N–H and O–H groups in total. The van der Waals surface area contributed by atoms with Gasteiger partial charge in [0.1, 0.15) is 23.8 Å². The normalized spacial score (nSPS) is 16.6. The molecule has 1 aromatic heterocycles. The highest BCUT2D eigenvalue weighted by Gasteiger charge is 2.37. The molecule has 1 atom stereocenters. The highest BCUT2D eigenvalue weighted by molar-refractivity contribution is 6.31. The zero-order valence-corrected chi connectivity index (χ0v) is 24.0. The quantitative estimate of drug-likeness (QED) is 0.168. The number of ether oxygens (including phenoxy) is 1. The number of hydrogen-bond acceptors (Lipinski definition) is 6. The van der Waals surface area contributed by atoms with Gasteiger partial charge in [0.25, 0.3) is 0 Å². The standard InChI is InChI=1S/C33H28ClF3N2O4/c1-2-6-29(40)21-8-5-7-20(15-21)28-17-30(42-38-28)24-14-13-22(16-27(24)34)41-18-25-31(39-43-32(25)19-11-12-19)23-9-3-4-10-26(23)33(35,36)37/h3-5,7-10,13-16,19,30H,2,6,11-12,17-18H2,1H3. The molecule has 222 valence electrons. The van der Waals surface area contributed by atoms with Crippen LogP contribution >= 0.6 is 11.6 Å². The number of carbonyl (C=O) groups excluding carboxylic acids is 1. The van der Waals surface area contributed by atoms with Gasteiger partial charge in [-0.2, -0.15) is 13.2 Å². The van der Waals surface area contributed by atoms with Crippen LogP contribution in [0, 0.1) is 0 Å². The summed E-state index contributed by atoms with van der Waals surface area (Å²) in [4.78, 5) is 18.1. The van der Waals surface area contributed by atoms with E-state index < -0.39 is 17.8 Å². The highest BCUT2D eigenvalue weighted by atomic mass is 35.5. The second-order valence-electron chi connectivity index (χ2n) is 10.8. The first-order valence-corrected chi connectivity index (χ1v) is 14.5. The van der Waals surface area contributed by atoms with Crippen LogP contribution in [0.2, 0.25) is 5.02 Å². The van der Waals surface area contributed by atoms with E-state index in [-0.39, 0.29) is 29.6 Å². The molecule has 43 heavy (non-hydrogen) atoms. The number of benzene rings is 3. The van der Waals surface area contributed by atoms with Crippen molar-refractivity contribution in [3.05, 3.63) is 105 Å². The lowest BCUT2D eigenvalue weighted by Crippen LogP contribution is -2.08. The molecule has 4 aromatic rings. The maximum Gasteiger partial charge on any atom is 0.417 e. The summed E-state index contributed by atoms with van der Waals surface area (Å²) in [6.07, 6.45) is -1.46. The maximum atomic E-state index is 13.8. The van der Waals surface area contributed by atoms with Crippen molar-refractivity contribution in [2.75, 3.05) is 0 Å². The second kappa shape index (κ2) is 11.9. The number of nitrogens with zero attached hydrogens (tertiary/aromatic N) is 2. The molecule has 1 aliphatic heterocycles. The monoisotopic (exact) mass is 608 g/mol. The number of alkyl halides is 3. The molecule has 6 rings (SSSR count). The van der Waals surface area contributed by atoms with E-state index in [0.717, 1.165) is 42.2 Å². The first kappa shape index (κ1) is 29.0. The zero-order valence-electron chi connectivity index (χ0n) is 23.3. The summed E-state index contributed by atoms with van der Waals surface area (Å²) in [5.41, 5.74) is 2.70. The Bertz CT molecular complexity index is 1690. The van der Waals surface area contributed by atoms with Gasteiger partial charge in [0.15, 0.2) is 11.9 Å². The largest absolute Gasteiger partial charge is 0.489 e. The Balaban J connectivity index is 1.18. The Morgan fingerprint density at radius 1 is 1.07 bits per heavy atom. The topological polar surface area (TPSA) is 73.9 Å². The number of halogens is 4. The molecule has 2 heterocycles. The Morgan fingerprint density at radius 2 is 1.88 bits per heavy atom. The molecular weight excluding hydrogens is 581 g/mol. The molecule has 3 aromatic carbocycles. The van der Waals surface area contributed by atoms with Crippen LogP contribution in [0.3, 0.4) is 0 Å². The van der Waals surface area contributed by atoms with Crippen LogP contribution in [0.4, 0.5) is 13.2 Å². The van der Waals surface area contributed by atoms with E-state index in [1.54, 1.807) is 30.3 Å². The highest BCUT2D eigenvalue weighted by Crippen LogP contribution is 2.46. The van der Waals surface area contributed by atoms with Gasteiger partial charge in [-0.05, 0) is 43.5 Å². The van der Waals surface area contributed by atoms with E-state index in [1.807, 2.05) is 25.1 Å². The minimum atomic E-state index is -4.54. The summed E-state index contributed by atoms with van der Waals surface area (Å²) in [7, 11) is 0. The Hall–Kier alpha value is -4.11. The van der Waals surface area contributed by atoms with Crippen molar-refractivity contribution >= 4 is 23.1 Å². The summed E-state index contributed by atoms with van der Waals surface area (Å²) in [5.74, 6) is 1.20. The maximum absolute atomic E-state index is 13.8. The lowest BCUT2D eigenvalue weighted by Gasteiger charge is -2.14. The number of aromatic nitrogens is 1. The summed E-state index contributed by atoms with van der Waals surface area (Å²) < 4.78 is 52.9. The van der Waals surface area contributed by atoms with Gasteiger partial charge < -0.3 is 14.1 Å². The van der Waals surface area contributed by atoms with Crippen molar-refractivity contribution in [1.29, 1.82) is 0 Å². The Morgan fingerprint density at radius 3 is 2.63 bits per heavy atom. The van der Waals surface area contributed by atoms with Crippen molar-refractivity contribution in [2.24, 2.45) is 5.16 Å². The molecule has 1 saturated carbocycles. The first-order valence-electron chi connectivity index (χ1n) is 14.2. The van der Waals surface area contributed by atoms with Gasteiger partial charge in [-0.15, -0.1) is 0 Å². The first-order chi connectivity index (χ1) is 20.7. The van der Waals surface area contributed by atoms with Crippen LogP contribution in [-0.4, -0.2) is 16.7 Å². The minimum Gasteiger partial charge on any atom is -0.489 e. The molecule has 2 aliphatic rings. The molecular formula is C33H28ClF3N2O4. The smallest absolute Gasteiger partial charge is 0.417 e. The predicted octanol–water partition coefficient (Wildman–Crippen LogP) is 9.32. The number of carbonyl (C=O) groups is 1. The van der Waals surface area contributed by atoms with Crippen LogP contribution < -0.4 is 4.74 Å². The molecule has 0 amide bonds. The average molecular weight is 609 g/mol. The van der Waals surface area contributed by atoms with E-state index in [2.05, 4.69) is 10.3 Å². The van der Waals surface area contributed by atoms with Crippen LogP contribution in [0.5, 0.6) is 5.75 Å². The third-order valence-corrected chi connectivity index (χ3v) is 7.95. The van der Waals surface area contributed by atoms with Gasteiger partial charge >= 0.3 is 6.18 Å². The molecule has 1 aliphatic carbocycles. The SMILES string of the molecule is CCCC(=O)c1cccc(C2=NOC(c3ccc(OCc4c(-c5ccccc5C(F)(F)F)noc4C4CC4)cc3Cl)C2)c1. The van der Waals surface area contributed by atoms with E-state index in [0.29, 0.717) is 40.5 Å². The summed E-state index contributed by atoms with van der Waals surface area (Å²) in [6.45, 7) is 1.93. The lowest BCUT2D eigenvalue weighted by atomic mass is 9.97. The third-order valence-electron chi connectivity index (χ3n) is 7.62. The van der Waals surface area contributed by atoms with Crippen molar-refractivity contribution in [1.82, 2.24) is 5.16 Å². The van der Waals surface area contributed by atoms with Crippen molar-refractivity contribution in [3.63, 3.8) is 0 Å². The van der Waals surface area contributed by atoms with Gasteiger partial charge in [0.2, 0.25) is 0 Å². The Labute approximate surface area is 251 Å². The third kappa shape index (κ3) is 6.18. The Kier molecular flexibility index (Phi) is 8.01. The van der Waals surface area contributed by atoms with Gasteiger partial charge in [-0.25, -0.2) is 0 Å².